The molecule has 0 unspecified atom stereocenters. The van der Waals surface area contributed by atoms with Gasteiger partial charge in [-0.15, -0.1) is 11.3 Å². The van der Waals surface area contributed by atoms with E-state index in [9.17, 15) is 9.59 Å². The van der Waals surface area contributed by atoms with Crippen molar-refractivity contribution in [1.29, 1.82) is 0 Å². The van der Waals surface area contributed by atoms with Crippen molar-refractivity contribution in [3.8, 4) is 5.75 Å². The lowest BCUT2D eigenvalue weighted by Gasteiger charge is -2.34. The van der Waals surface area contributed by atoms with Crippen molar-refractivity contribution in [1.82, 2.24) is 5.32 Å². The Hall–Kier alpha value is -2.34. The van der Waals surface area contributed by atoms with E-state index in [1.807, 2.05) is 31.2 Å². The first-order valence-electron chi connectivity index (χ1n) is 10.0. The highest BCUT2D eigenvalue weighted by molar-refractivity contribution is 7.14. The summed E-state index contributed by atoms with van der Waals surface area (Å²) in [5.41, 5.74) is 2.04. The van der Waals surface area contributed by atoms with E-state index in [0.29, 0.717) is 18.2 Å². The van der Waals surface area contributed by atoms with Crippen molar-refractivity contribution < 1.29 is 14.3 Å². The number of amides is 2. The quantitative estimate of drug-likeness (QED) is 0.852. The Morgan fingerprint density at radius 3 is 2.96 bits per heavy atom. The molecule has 6 heteroatoms. The number of nitrogens with zero attached hydrogens (tertiary/aromatic N) is 1. The molecule has 1 aliphatic heterocycles. The Bertz CT molecular complexity index is 892. The average molecular weight is 399 g/mol. The lowest BCUT2D eigenvalue weighted by atomic mass is 9.90. The van der Waals surface area contributed by atoms with Crippen molar-refractivity contribution >= 4 is 28.8 Å². The fraction of sp³-hybridized carbons (Fsp3) is 0.455. The Morgan fingerprint density at radius 2 is 2.14 bits per heavy atom. The summed E-state index contributed by atoms with van der Waals surface area (Å²) in [6.07, 6.45) is 3.44. The predicted molar refractivity (Wildman–Crippen MR) is 111 cm³/mol. The van der Waals surface area contributed by atoms with Crippen LogP contribution < -0.4 is 15.0 Å². The van der Waals surface area contributed by atoms with Crippen molar-refractivity contribution in [2.75, 3.05) is 18.0 Å². The van der Waals surface area contributed by atoms with Crippen LogP contribution in [-0.2, 0) is 17.6 Å². The van der Waals surface area contributed by atoms with Crippen LogP contribution in [0.25, 0.3) is 0 Å². The third-order valence-electron chi connectivity index (χ3n) is 5.40. The standard InChI is InChI=1S/C22H26N2O3S/c1-3-10-23-21(25)18-13-24(16-6-4-5-7-17(16)27-18)22(26)20-12-15-11-14(2)8-9-19(15)28-20/h4-7,12,14,18H,3,8-11,13H2,1-2H3,(H,23,25)/t14-,18+/m1/s1. The van der Waals surface area contributed by atoms with E-state index in [1.165, 1.54) is 16.9 Å². The summed E-state index contributed by atoms with van der Waals surface area (Å²) in [4.78, 5) is 29.7. The average Bonchev–Trinajstić information content (AvgIpc) is 3.13. The second-order valence-electron chi connectivity index (χ2n) is 7.69. The predicted octanol–water partition coefficient (Wildman–Crippen LogP) is 3.81. The van der Waals surface area contributed by atoms with Crippen LogP contribution >= 0.6 is 11.3 Å². The summed E-state index contributed by atoms with van der Waals surface area (Å²) in [7, 11) is 0. The third kappa shape index (κ3) is 3.65. The molecule has 28 heavy (non-hydrogen) atoms. The first-order chi connectivity index (χ1) is 13.6. The van der Waals surface area contributed by atoms with Crippen molar-refractivity contribution in [2.45, 2.75) is 45.6 Å². The molecule has 1 aromatic heterocycles. The maximum Gasteiger partial charge on any atom is 0.268 e. The van der Waals surface area contributed by atoms with Gasteiger partial charge in [0.2, 0.25) is 0 Å². The number of ether oxygens (including phenoxy) is 1. The molecular formula is C22H26N2O3S. The molecule has 1 aromatic carbocycles. The number of benzene rings is 1. The lowest BCUT2D eigenvalue weighted by Crippen LogP contribution is -2.50. The number of aryl methyl sites for hydroxylation is 1. The van der Waals surface area contributed by atoms with Crippen molar-refractivity contribution in [3.05, 3.63) is 45.6 Å². The fourth-order valence-corrected chi connectivity index (χ4v) is 5.03. The van der Waals surface area contributed by atoms with Crippen LogP contribution in [0.4, 0.5) is 5.69 Å². The van der Waals surface area contributed by atoms with E-state index in [0.717, 1.165) is 29.8 Å². The topological polar surface area (TPSA) is 58.6 Å². The van der Waals surface area contributed by atoms with Crippen LogP contribution in [0.15, 0.2) is 30.3 Å². The molecule has 2 atom stereocenters. The number of fused-ring (bicyclic) bond motifs is 2. The third-order valence-corrected chi connectivity index (χ3v) is 6.63. The van der Waals surface area contributed by atoms with Gasteiger partial charge >= 0.3 is 0 Å². The van der Waals surface area contributed by atoms with Gasteiger partial charge in [-0.3, -0.25) is 14.5 Å². The van der Waals surface area contributed by atoms with Gasteiger partial charge in [-0.2, -0.15) is 0 Å². The Morgan fingerprint density at radius 1 is 1.32 bits per heavy atom. The van der Waals surface area contributed by atoms with Gasteiger partial charge in [0, 0.05) is 11.4 Å². The SMILES string of the molecule is CCCNC(=O)[C@@H]1CN(C(=O)c2cc3c(s2)CC[C@@H](C)C3)c2ccccc2O1. The maximum atomic E-state index is 13.4. The molecule has 2 heterocycles. The molecule has 2 aliphatic rings. The molecule has 0 saturated carbocycles. The molecule has 148 valence electrons. The van der Waals surface area contributed by atoms with E-state index in [4.69, 9.17) is 4.74 Å². The Balaban J connectivity index is 1.62. The highest BCUT2D eigenvalue weighted by Crippen LogP contribution is 2.37. The minimum atomic E-state index is -0.694. The minimum absolute atomic E-state index is 0.0453. The summed E-state index contributed by atoms with van der Waals surface area (Å²) >= 11 is 1.60. The van der Waals surface area contributed by atoms with Crippen LogP contribution in [0.2, 0.25) is 0 Å². The monoisotopic (exact) mass is 398 g/mol. The number of nitrogens with one attached hydrogen (secondary N) is 1. The number of carbonyl (C=O) groups excluding carboxylic acids is 2. The van der Waals surface area contributed by atoms with Crippen molar-refractivity contribution in [2.24, 2.45) is 5.92 Å². The molecule has 2 amide bonds. The van der Waals surface area contributed by atoms with Crippen LogP contribution in [0.3, 0.4) is 0 Å². The molecule has 4 rings (SSSR count). The zero-order chi connectivity index (χ0) is 19.7. The molecule has 1 N–H and O–H groups in total. The summed E-state index contributed by atoms with van der Waals surface area (Å²) in [5, 5.41) is 2.88. The van der Waals surface area contributed by atoms with Gasteiger partial charge in [-0.1, -0.05) is 26.0 Å². The minimum Gasteiger partial charge on any atom is -0.477 e. The highest BCUT2D eigenvalue weighted by atomic mass is 32.1. The zero-order valence-corrected chi connectivity index (χ0v) is 17.2. The van der Waals surface area contributed by atoms with Gasteiger partial charge in [0.1, 0.15) is 5.75 Å². The van der Waals surface area contributed by atoms with E-state index < -0.39 is 6.10 Å². The number of carbonyl (C=O) groups is 2. The molecule has 0 bridgehead atoms. The molecule has 0 saturated heterocycles. The van der Waals surface area contributed by atoms with Gasteiger partial charge in [0.05, 0.1) is 17.1 Å². The van der Waals surface area contributed by atoms with Crippen LogP contribution in [-0.4, -0.2) is 31.0 Å². The highest BCUT2D eigenvalue weighted by Gasteiger charge is 2.35. The molecule has 0 radical (unpaired) electrons. The number of rotatable bonds is 4. The van der Waals surface area contributed by atoms with E-state index in [-0.39, 0.29) is 18.4 Å². The van der Waals surface area contributed by atoms with Crippen LogP contribution in [0, 0.1) is 5.92 Å². The lowest BCUT2D eigenvalue weighted by molar-refractivity contribution is -0.127. The second-order valence-corrected chi connectivity index (χ2v) is 8.82. The molecule has 1 aliphatic carbocycles. The largest absolute Gasteiger partial charge is 0.477 e. The maximum absolute atomic E-state index is 13.4. The molecule has 5 nitrogen and oxygen atoms in total. The van der Waals surface area contributed by atoms with Crippen LogP contribution in [0.5, 0.6) is 5.75 Å². The normalized spacial score (nSPS) is 20.7. The summed E-state index contributed by atoms with van der Waals surface area (Å²) in [5.74, 6) is 1.03. The molecule has 0 fully saturated rings. The van der Waals surface area contributed by atoms with E-state index >= 15 is 0 Å². The zero-order valence-electron chi connectivity index (χ0n) is 16.4. The number of anilines is 1. The Kier molecular flexibility index (Phi) is 5.40. The molecule has 0 spiro atoms. The summed E-state index contributed by atoms with van der Waals surface area (Å²) in [6.45, 7) is 5.10. The summed E-state index contributed by atoms with van der Waals surface area (Å²) in [6, 6.07) is 9.50. The Labute approximate surface area is 169 Å². The number of para-hydroxylation sites is 2. The number of thiophene rings is 1. The first-order valence-corrected chi connectivity index (χ1v) is 10.8. The van der Waals surface area contributed by atoms with E-state index in [2.05, 4.69) is 18.3 Å². The van der Waals surface area contributed by atoms with Crippen molar-refractivity contribution in [3.63, 3.8) is 0 Å². The number of hydrogen-bond acceptors (Lipinski definition) is 4. The molecular weight excluding hydrogens is 372 g/mol. The van der Waals surface area contributed by atoms with Gasteiger partial charge in [-0.05, 0) is 55.4 Å². The summed E-state index contributed by atoms with van der Waals surface area (Å²) < 4.78 is 5.90. The smallest absolute Gasteiger partial charge is 0.268 e. The fourth-order valence-electron chi connectivity index (χ4n) is 3.87. The first kappa shape index (κ1) is 19.0. The van der Waals surface area contributed by atoms with E-state index in [1.54, 1.807) is 16.2 Å². The van der Waals surface area contributed by atoms with Gasteiger partial charge in [0.15, 0.2) is 6.10 Å². The van der Waals surface area contributed by atoms with Crippen LogP contribution in [0.1, 0.15) is 46.8 Å². The van der Waals surface area contributed by atoms with Gasteiger partial charge < -0.3 is 10.1 Å². The number of hydrogen-bond donors (Lipinski definition) is 1. The molecule has 2 aromatic rings. The van der Waals surface area contributed by atoms with Gasteiger partial charge in [0.25, 0.3) is 11.8 Å². The van der Waals surface area contributed by atoms with Gasteiger partial charge in [-0.25, -0.2) is 0 Å². The second kappa shape index (κ2) is 7.95.